The molecule has 7 heteroatoms. The number of amides is 2. The topological polar surface area (TPSA) is 98.3 Å². The Morgan fingerprint density at radius 3 is 2.56 bits per heavy atom. The van der Waals surface area contributed by atoms with E-state index in [0.717, 1.165) is 0 Å². The Bertz CT molecular complexity index is 888. The highest BCUT2D eigenvalue weighted by Gasteiger charge is 2.32. The Balaban J connectivity index is 2.06. The number of nitrogens with zero attached hydrogens (tertiary/aromatic N) is 3. The fourth-order valence-corrected chi connectivity index (χ4v) is 3.19. The van der Waals surface area contributed by atoms with Crippen LogP contribution in [-0.2, 0) is 11.3 Å². The molecule has 25 heavy (non-hydrogen) atoms. The van der Waals surface area contributed by atoms with Gasteiger partial charge in [-0.3, -0.25) is 14.4 Å². The minimum absolute atomic E-state index is 0.197. The van der Waals surface area contributed by atoms with Crippen molar-refractivity contribution in [2.75, 3.05) is 13.1 Å². The van der Waals surface area contributed by atoms with E-state index in [9.17, 15) is 14.4 Å². The van der Waals surface area contributed by atoms with Crippen molar-refractivity contribution in [3.8, 4) is 0 Å². The molecule has 0 spiro atoms. The minimum atomic E-state index is -0.391. The Labute approximate surface area is 145 Å². The summed E-state index contributed by atoms with van der Waals surface area (Å²) in [6, 6.07) is 7.00. The zero-order valence-electron chi connectivity index (χ0n) is 14.4. The molecule has 2 heterocycles. The van der Waals surface area contributed by atoms with Crippen molar-refractivity contribution >= 4 is 22.6 Å². The smallest absolute Gasteiger partial charge is 0.274 e. The summed E-state index contributed by atoms with van der Waals surface area (Å²) in [7, 11) is 0. The molecule has 1 aromatic heterocycles. The van der Waals surface area contributed by atoms with Gasteiger partial charge in [0, 0.05) is 25.0 Å². The maximum atomic E-state index is 13.0. The van der Waals surface area contributed by atoms with Crippen LogP contribution in [0.2, 0.25) is 0 Å². The first-order valence-electron chi connectivity index (χ1n) is 8.47. The molecule has 1 aromatic carbocycles. The lowest BCUT2D eigenvalue weighted by atomic mass is 10.1. The molecular weight excluding hydrogens is 320 g/mol. The van der Waals surface area contributed by atoms with Crippen molar-refractivity contribution in [2.45, 2.75) is 26.8 Å². The average Bonchev–Trinajstić information content (AvgIpc) is 3.07. The highest BCUT2D eigenvalue weighted by Crippen LogP contribution is 2.21. The number of likely N-dealkylation sites (tertiary alicyclic amines) is 1. The van der Waals surface area contributed by atoms with Gasteiger partial charge in [-0.05, 0) is 18.4 Å². The fraction of sp³-hybridized carbons (Fsp3) is 0.444. The SMILES string of the molecule is CC(C)Cn1nc(C(=O)N2CC[C@@H](C(N)=O)C2)c2ccccc2c1=O. The number of aromatic nitrogens is 2. The fourth-order valence-electron chi connectivity index (χ4n) is 3.19. The number of primary amides is 1. The average molecular weight is 342 g/mol. The first kappa shape index (κ1) is 17.1. The molecule has 1 fully saturated rings. The van der Waals surface area contributed by atoms with Crippen LogP contribution in [0.3, 0.4) is 0 Å². The van der Waals surface area contributed by atoms with Gasteiger partial charge in [-0.25, -0.2) is 4.68 Å². The monoisotopic (exact) mass is 342 g/mol. The molecule has 2 amide bonds. The Hall–Kier alpha value is -2.70. The number of hydrogen-bond donors (Lipinski definition) is 1. The molecule has 1 aliphatic heterocycles. The molecule has 0 unspecified atom stereocenters. The van der Waals surface area contributed by atoms with Crippen LogP contribution < -0.4 is 11.3 Å². The molecule has 1 atom stereocenters. The number of nitrogens with two attached hydrogens (primary N) is 1. The van der Waals surface area contributed by atoms with Crippen LogP contribution in [0.25, 0.3) is 10.8 Å². The predicted octanol–water partition coefficient (Wildman–Crippen LogP) is 1.000. The third-order valence-corrected chi connectivity index (χ3v) is 4.49. The van der Waals surface area contributed by atoms with Gasteiger partial charge in [0.05, 0.1) is 11.3 Å². The van der Waals surface area contributed by atoms with Gasteiger partial charge >= 0.3 is 0 Å². The lowest BCUT2D eigenvalue weighted by Crippen LogP contribution is -2.35. The highest BCUT2D eigenvalue weighted by molar-refractivity contribution is 6.05. The van der Waals surface area contributed by atoms with Gasteiger partial charge in [0.15, 0.2) is 5.69 Å². The first-order valence-corrected chi connectivity index (χ1v) is 8.47. The second kappa shape index (κ2) is 6.66. The second-order valence-electron chi connectivity index (χ2n) is 6.91. The molecule has 0 saturated carbocycles. The zero-order chi connectivity index (χ0) is 18.1. The second-order valence-corrected chi connectivity index (χ2v) is 6.91. The van der Waals surface area contributed by atoms with Gasteiger partial charge in [-0.15, -0.1) is 0 Å². The quantitative estimate of drug-likeness (QED) is 0.896. The van der Waals surface area contributed by atoms with Crippen molar-refractivity contribution < 1.29 is 9.59 Å². The van der Waals surface area contributed by atoms with Crippen LogP contribution >= 0.6 is 0 Å². The Morgan fingerprint density at radius 2 is 1.96 bits per heavy atom. The molecule has 1 aliphatic rings. The van der Waals surface area contributed by atoms with Gasteiger partial charge < -0.3 is 10.6 Å². The summed E-state index contributed by atoms with van der Waals surface area (Å²) in [5, 5.41) is 5.37. The van der Waals surface area contributed by atoms with E-state index >= 15 is 0 Å². The number of hydrogen-bond acceptors (Lipinski definition) is 4. The third-order valence-electron chi connectivity index (χ3n) is 4.49. The van der Waals surface area contributed by atoms with E-state index in [1.165, 1.54) is 4.68 Å². The number of carbonyl (C=O) groups excluding carboxylic acids is 2. The molecule has 0 aliphatic carbocycles. The molecule has 3 rings (SSSR count). The largest absolute Gasteiger partial charge is 0.369 e. The molecule has 2 aromatic rings. The van der Waals surface area contributed by atoms with Crippen LogP contribution in [-0.4, -0.2) is 39.6 Å². The van der Waals surface area contributed by atoms with Crippen LogP contribution in [0, 0.1) is 11.8 Å². The molecule has 7 nitrogen and oxygen atoms in total. The first-order chi connectivity index (χ1) is 11.9. The maximum Gasteiger partial charge on any atom is 0.274 e. The Morgan fingerprint density at radius 1 is 1.28 bits per heavy atom. The summed E-state index contributed by atoms with van der Waals surface area (Å²) in [5.41, 5.74) is 5.40. The van der Waals surface area contributed by atoms with Crippen molar-refractivity contribution in [1.82, 2.24) is 14.7 Å². The number of benzene rings is 1. The van der Waals surface area contributed by atoms with Gasteiger partial charge in [0.25, 0.3) is 11.5 Å². The van der Waals surface area contributed by atoms with E-state index in [4.69, 9.17) is 5.73 Å². The van der Waals surface area contributed by atoms with Gasteiger partial charge in [0.2, 0.25) is 5.91 Å². The van der Waals surface area contributed by atoms with E-state index in [-0.39, 0.29) is 29.0 Å². The number of rotatable bonds is 4. The van der Waals surface area contributed by atoms with Crippen LogP contribution in [0.1, 0.15) is 30.8 Å². The zero-order valence-corrected chi connectivity index (χ0v) is 14.4. The molecule has 0 bridgehead atoms. The van der Waals surface area contributed by atoms with E-state index in [2.05, 4.69) is 5.10 Å². The van der Waals surface area contributed by atoms with Crippen molar-refractivity contribution in [3.63, 3.8) is 0 Å². The summed E-state index contributed by atoms with van der Waals surface area (Å²) in [6.07, 6.45) is 0.560. The predicted molar refractivity (Wildman–Crippen MR) is 94.0 cm³/mol. The molecule has 1 saturated heterocycles. The summed E-state index contributed by atoms with van der Waals surface area (Å²) in [4.78, 5) is 38.5. The van der Waals surface area contributed by atoms with Gasteiger partial charge in [-0.1, -0.05) is 32.0 Å². The summed E-state index contributed by atoms with van der Waals surface area (Å²) >= 11 is 0. The molecular formula is C18H22N4O3. The van der Waals surface area contributed by atoms with Crippen molar-refractivity contribution in [1.29, 1.82) is 0 Å². The summed E-state index contributed by atoms with van der Waals surface area (Å²) < 4.78 is 1.36. The number of carbonyl (C=O) groups is 2. The summed E-state index contributed by atoms with van der Waals surface area (Å²) in [5.74, 6) is -0.757. The molecule has 0 radical (unpaired) electrons. The third kappa shape index (κ3) is 3.26. The van der Waals surface area contributed by atoms with E-state index in [1.54, 1.807) is 29.2 Å². The van der Waals surface area contributed by atoms with Crippen LogP contribution in [0.15, 0.2) is 29.1 Å². The highest BCUT2D eigenvalue weighted by atomic mass is 16.2. The lowest BCUT2D eigenvalue weighted by molar-refractivity contribution is -0.121. The molecule has 2 N–H and O–H groups in total. The van der Waals surface area contributed by atoms with Gasteiger partial charge in [-0.2, -0.15) is 5.10 Å². The number of fused-ring (bicyclic) bond motifs is 1. The van der Waals surface area contributed by atoms with E-state index in [0.29, 0.717) is 36.8 Å². The van der Waals surface area contributed by atoms with Crippen LogP contribution in [0.5, 0.6) is 0 Å². The summed E-state index contributed by atoms with van der Waals surface area (Å²) in [6.45, 7) is 5.18. The molecule has 132 valence electrons. The standard InChI is InChI=1S/C18H22N4O3/c1-11(2)9-22-17(24)14-6-4-3-5-13(14)15(20-22)18(25)21-8-7-12(10-21)16(19)23/h3-6,11-12H,7-10H2,1-2H3,(H2,19,23)/t12-/m1/s1. The van der Waals surface area contributed by atoms with Crippen molar-refractivity contribution in [3.05, 3.63) is 40.3 Å². The Kier molecular flexibility index (Phi) is 4.57. The van der Waals surface area contributed by atoms with E-state index in [1.807, 2.05) is 13.8 Å². The van der Waals surface area contributed by atoms with Gasteiger partial charge in [0.1, 0.15) is 0 Å². The minimum Gasteiger partial charge on any atom is -0.369 e. The lowest BCUT2D eigenvalue weighted by Gasteiger charge is -2.18. The normalized spacial score (nSPS) is 17.4. The maximum absolute atomic E-state index is 13.0. The van der Waals surface area contributed by atoms with Crippen molar-refractivity contribution in [2.24, 2.45) is 17.6 Å². The van der Waals surface area contributed by atoms with Crippen LogP contribution in [0.4, 0.5) is 0 Å². The van der Waals surface area contributed by atoms with E-state index < -0.39 is 5.91 Å².